The number of hydrogen-bond donors (Lipinski definition) is 1. The Bertz CT molecular complexity index is 753. The quantitative estimate of drug-likeness (QED) is 0.717. The maximum absolute atomic E-state index is 6.11. The molecule has 0 aliphatic heterocycles. The summed E-state index contributed by atoms with van der Waals surface area (Å²) in [5, 5.41) is 5.06. The van der Waals surface area contributed by atoms with Crippen molar-refractivity contribution in [2.24, 2.45) is 0 Å². The normalized spacial score (nSPS) is 10.7. The number of nitrogens with zero attached hydrogens (tertiary/aromatic N) is 2. The highest BCUT2D eigenvalue weighted by atomic mass is 35.5. The number of anilines is 1. The molecule has 20 heavy (non-hydrogen) atoms. The molecule has 4 nitrogen and oxygen atoms in total. The van der Waals surface area contributed by atoms with Crippen LogP contribution in [0.15, 0.2) is 47.0 Å². The van der Waals surface area contributed by atoms with Crippen molar-refractivity contribution in [1.29, 1.82) is 0 Å². The monoisotopic (exact) mass is 305 g/mol. The molecule has 0 saturated heterocycles. The number of hydrogen-bond acceptors (Lipinski definition) is 4. The molecule has 6 heteroatoms. The van der Waals surface area contributed by atoms with E-state index in [9.17, 15) is 0 Å². The van der Waals surface area contributed by atoms with E-state index in [1.54, 1.807) is 30.3 Å². The van der Waals surface area contributed by atoms with E-state index in [0.717, 1.165) is 5.56 Å². The first kappa shape index (κ1) is 13.0. The first-order valence-corrected chi connectivity index (χ1v) is 6.54. The predicted molar refractivity (Wildman–Crippen MR) is 79.6 cm³/mol. The van der Waals surface area contributed by atoms with Gasteiger partial charge in [0.2, 0.25) is 5.82 Å². The van der Waals surface area contributed by atoms with Gasteiger partial charge in [-0.05, 0) is 42.5 Å². The van der Waals surface area contributed by atoms with E-state index in [4.69, 9.17) is 33.5 Å². The topological polar surface area (TPSA) is 64.9 Å². The molecule has 1 heterocycles. The summed E-state index contributed by atoms with van der Waals surface area (Å²) in [6, 6.07) is 12.3. The molecule has 3 aromatic rings. The molecule has 3 rings (SSSR count). The Labute approximate surface area is 125 Å². The fraction of sp³-hybridized carbons (Fsp3) is 0. The van der Waals surface area contributed by atoms with Crippen LogP contribution in [0.25, 0.3) is 22.8 Å². The van der Waals surface area contributed by atoms with Gasteiger partial charge in [0.15, 0.2) is 0 Å². The van der Waals surface area contributed by atoms with Crippen molar-refractivity contribution in [1.82, 2.24) is 10.1 Å². The summed E-state index contributed by atoms with van der Waals surface area (Å²) in [5.74, 6) is 0.824. The number of nitrogens with two attached hydrogens (primary N) is 1. The lowest BCUT2D eigenvalue weighted by Gasteiger charge is -1.99. The van der Waals surface area contributed by atoms with Crippen LogP contribution in [-0.2, 0) is 0 Å². The minimum absolute atomic E-state index is 0.347. The number of aromatic nitrogens is 2. The Morgan fingerprint density at radius 1 is 1.00 bits per heavy atom. The van der Waals surface area contributed by atoms with E-state index in [1.165, 1.54) is 0 Å². The van der Waals surface area contributed by atoms with Gasteiger partial charge in [-0.1, -0.05) is 28.4 Å². The van der Waals surface area contributed by atoms with Crippen LogP contribution in [0.3, 0.4) is 0 Å². The summed E-state index contributed by atoms with van der Waals surface area (Å²) in [6.07, 6.45) is 0. The summed E-state index contributed by atoms with van der Waals surface area (Å²) < 4.78 is 5.24. The van der Waals surface area contributed by atoms with Crippen molar-refractivity contribution in [3.05, 3.63) is 52.5 Å². The molecule has 0 radical (unpaired) electrons. The van der Waals surface area contributed by atoms with Crippen LogP contribution < -0.4 is 5.73 Å². The Morgan fingerprint density at radius 3 is 2.45 bits per heavy atom. The lowest BCUT2D eigenvalue weighted by atomic mass is 10.2. The molecular weight excluding hydrogens is 297 g/mol. The first-order chi connectivity index (χ1) is 9.63. The molecule has 2 aromatic carbocycles. The van der Waals surface area contributed by atoms with E-state index in [-0.39, 0.29) is 0 Å². The van der Waals surface area contributed by atoms with Gasteiger partial charge < -0.3 is 10.3 Å². The molecule has 0 atom stereocenters. The van der Waals surface area contributed by atoms with Crippen LogP contribution in [0, 0.1) is 0 Å². The average Bonchev–Trinajstić information content (AvgIpc) is 2.89. The van der Waals surface area contributed by atoms with Gasteiger partial charge in [0.05, 0.1) is 10.6 Å². The first-order valence-electron chi connectivity index (χ1n) is 5.78. The summed E-state index contributed by atoms with van der Waals surface area (Å²) in [6.45, 7) is 0. The lowest BCUT2D eigenvalue weighted by molar-refractivity contribution is 0.432. The van der Waals surface area contributed by atoms with Crippen molar-refractivity contribution < 1.29 is 4.52 Å². The molecule has 2 N–H and O–H groups in total. The minimum atomic E-state index is 0.347. The molecular formula is C14H9Cl2N3O. The van der Waals surface area contributed by atoms with E-state index in [2.05, 4.69) is 10.1 Å². The van der Waals surface area contributed by atoms with Gasteiger partial charge in [0.25, 0.3) is 5.89 Å². The third-order valence-electron chi connectivity index (χ3n) is 2.75. The van der Waals surface area contributed by atoms with E-state index < -0.39 is 0 Å². The second-order valence-corrected chi connectivity index (χ2v) is 5.01. The molecule has 0 unspecified atom stereocenters. The van der Waals surface area contributed by atoms with Crippen LogP contribution >= 0.6 is 23.2 Å². The zero-order chi connectivity index (χ0) is 14.1. The standard InChI is InChI=1S/C14H9Cl2N3O/c15-9-3-1-8(2-4-9)13-18-14(20-19-13)11-6-5-10(17)7-12(11)16/h1-7H,17H2. The Kier molecular flexibility index (Phi) is 3.34. The third kappa shape index (κ3) is 2.48. The van der Waals surface area contributed by atoms with Crippen molar-refractivity contribution >= 4 is 28.9 Å². The minimum Gasteiger partial charge on any atom is -0.399 e. The maximum atomic E-state index is 6.11. The number of halogens is 2. The molecule has 0 aliphatic rings. The smallest absolute Gasteiger partial charge is 0.259 e. The molecule has 0 amide bonds. The van der Waals surface area contributed by atoms with Gasteiger partial charge in [-0.2, -0.15) is 4.98 Å². The number of rotatable bonds is 2. The Balaban J connectivity index is 1.99. The molecule has 1 aromatic heterocycles. The largest absolute Gasteiger partial charge is 0.399 e. The molecule has 0 saturated carbocycles. The second-order valence-electron chi connectivity index (χ2n) is 4.17. The molecule has 0 aliphatic carbocycles. The molecule has 100 valence electrons. The average molecular weight is 306 g/mol. The van der Waals surface area contributed by atoms with Gasteiger partial charge >= 0.3 is 0 Å². The van der Waals surface area contributed by atoms with Crippen molar-refractivity contribution in [3.8, 4) is 22.8 Å². The molecule has 0 bridgehead atoms. The maximum Gasteiger partial charge on any atom is 0.259 e. The fourth-order valence-corrected chi connectivity index (χ4v) is 2.15. The highest BCUT2D eigenvalue weighted by Crippen LogP contribution is 2.30. The van der Waals surface area contributed by atoms with Crippen LogP contribution in [0.5, 0.6) is 0 Å². The van der Waals surface area contributed by atoms with E-state index >= 15 is 0 Å². The zero-order valence-corrected chi connectivity index (χ0v) is 11.7. The number of nitrogen functional groups attached to an aromatic ring is 1. The zero-order valence-electron chi connectivity index (χ0n) is 10.2. The SMILES string of the molecule is Nc1ccc(-c2nc(-c3ccc(Cl)cc3)no2)c(Cl)c1. The van der Waals surface area contributed by atoms with Gasteiger partial charge in [-0.3, -0.25) is 0 Å². The van der Waals surface area contributed by atoms with Crippen LogP contribution in [0.4, 0.5) is 5.69 Å². The summed E-state index contributed by atoms with van der Waals surface area (Å²) in [7, 11) is 0. The second kappa shape index (κ2) is 5.15. The van der Waals surface area contributed by atoms with Crippen LogP contribution in [-0.4, -0.2) is 10.1 Å². The van der Waals surface area contributed by atoms with Crippen molar-refractivity contribution in [2.75, 3.05) is 5.73 Å². The summed E-state index contributed by atoms with van der Waals surface area (Å²) in [4.78, 5) is 4.32. The fourth-order valence-electron chi connectivity index (χ4n) is 1.75. The summed E-state index contributed by atoms with van der Waals surface area (Å²) >= 11 is 12.0. The van der Waals surface area contributed by atoms with Gasteiger partial charge in [-0.25, -0.2) is 0 Å². The molecule has 0 spiro atoms. The van der Waals surface area contributed by atoms with Crippen LogP contribution in [0.2, 0.25) is 10.0 Å². The highest BCUT2D eigenvalue weighted by Gasteiger charge is 2.13. The highest BCUT2D eigenvalue weighted by molar-refractivity contribution is 6.33. The summed E-state index contributed by atoms with van der Waals surface area (Å²) in [5.41, 5.74) is 7.69. The van der Waals surface area contributed by atoms with E-state index in [1.807, 2.05) is 12.1 Å². The number of benzene rings is 2. The molecule has 0 fully saturated rings. The lowest BCUT2D eigenvalue weighted by Crippen LogP contribution is -1.86. The van der Waals surface area contributed by atoms with E-state index in [0.29, 0.717) is 33.0 Å². The van der Waals surface area contributed by atoms with Gasteiger partial charge in [0.1, 0.15) is 0 Å². The van der Waals surface area contributed by atoms with Gasteiger partial charge in [-0.15, -0.1) is 0 Å². The van der Waals surface area contributed by atoms with Gasteiger partial charge in [0, 0.05) is 16.3 Å². The van der Waals surface area contributed by atoms with Crippen molar-refractivity contribution in [3.63, 3.8) is 0 Å². The Morgan fingerprint density at radius 2 is 1.75 bits per heavy atom. The Hall–Kier alpha value is -2.04. The van der Waals surface area contributed by atoms with Crippen LogP contribution in [0.1, 0.15) is 0 Å². The third-order valence-corrected chi connectivity index (χ3v) is 3.32. The predicted octanol–water partition coefficient (Wildman–Crippen LogP) is 4.29. The van der Waals surface area contributed by atoms with Crippen molar-refractivity contribution in [2.45, 2.75) is 0 Å².